The van der Waals surface area contributed by atoms with Crippen molar-refractivity contribution in [2.75, 3.05) is 6.61 Å². The van der Waals surface area contributed by atoms with Gasteiger partial charge in [0.25, 0.3) is 5.82 Å². The van der Waals surface area contributed by atoms with Gasteiger partial charge in [-0.2, -0.15) is 0 Å². The van der Waals surface area contributed by atoms with Crippen LogP contribution in [0.2, 0.25) is 0 Å². The molecule has 1 heterocycles. The van der Waals surface area contributed by atoms with Gasteiger partial charge in [0.1, 0.15) is 23.7 Å². The summed E-state index contributed by atoms with van der Waals surface area (Å²) in [6.07, 6.45) is 20.9. The Balaban J connectivity index is 1.62. The minimum absolute atomic E-state index is 0.691. The summed E-state index contributed by atoms with van der Waals surface area (Å²) in [6, 6.07) is 8.29. The van der Waals surface area contributed by atoms with Crippen LogP contribution >= 0.6 is 0 Å². The molecule has 0 aliphatic rings. The maximum absolute atomic E-state index is 5.80. The van der Waals surface area contributed by atoms with E-state index >= 15 is 0 Å². The molecular weight excluding hydrogens is 344 g/mol. The van der Waals surface area contributed by atoms with Gasteiger partial charge in [-0.25, -0.2) is 9.55 Å². The molecule has 0 radical (unpaired) electrons. The van der Waals surface area contributed by atoms with Crippen molar-refractivity contribution in [2.45, 2.75) is 97.4 Å². The minimum Gasteiger partial charge on any atom is -0.493 e. The number of para-hydroxylation sites is 1. The first-order valence-electron chi connectivity index (χ1n) is 11.7. The summed E-state index contributed by atoms with van der Waals surface area (Å²) in [4.78, 5) is 3.40. The van der Waals surface area contributed by atoms with Crippen molar-refractivity contribution >= 4 is 0 Å². The molecule has 28 heavy (non-hydrogen) atoms. The van der Waals surface area contributed by atoms with Crippen LogP contribution in [-0.2, 0) is 6.54 Å². The number of hydrogen-bond donors (Lipinski definition) is 1. The van der Waals surface area contributed by atoms with Gasteiger partial charge < -0.3 is 4.74 Å². The highest BCUT2D eigenvalue weighted by Crippen LogP contribution is 2.26. The number of imidazole rings is 1. The molecule has 0 saturated heterocycles. The summed E-state index contributed by atoms with van der Waals surface area (Å²) in [5, 5.41) is 0. The number of aryl methyl sites for hydroxylation is 1. The van der Waals surface area contributed by atoms with Gasteiger partial charge in [0.15, 0.2) is 0 Å². The number of benzene rings is 1. The smallest absolute Gasteiger partial charge is 0.290 e. The highest BCUT2D eigenvalue weighted by Gasteiger charge is 2.17. The number of hydrogen-bond acceptors (Lipinski definition) is 1. The van der Waals surface area contributed by atoms with Gasteiger partial charge in [-0.15, -0.1) is 0 Å². The van der Waals surface area contributed by atoms with Crippen molar-refractivity contribution in [3.05, 3.63) is 36.7 Å². The third-order valence-electron chi connectivity index (χ3n) is 5.46. The van der Waals surface area contributed by atoms with Crippen LogP contribution < -0.4 is 9.30 Å². The molecule has 0 spiro atoms. The van der Waals surface area contributed by atoms with Crippen LogP contribution in [-0.4, -0.2) is 11.6 Å². The molecule has 3 heteroatoms. The maximum Gasteiger partial charge on any atom is 0.290 e. The quantitative estimate of drug-likeness (QED) is 0.243. The molecule has 2 aromatic rings. The Morgan fingerprint density at radius 3 is 2.04 bits per heavy atom. The number of H-pyrrole nitrogens is 1. The van der Waals surface area contributed by atoms with Crippen LogP contribution in [0, 0.1) is 0 Å². The number of aromatic amines is 1. The standard InChI is InChI=1S/C25H40N2O/c1-3-5-6-7-8-9-10-11-12-13-14-17-21-27-22-20-26-25(27)23-18-15-16-19-24(23)28-4-2/h15-16,18-20,22H,3-14,17,21H2,1-2H3/p+1. The van der Waals surface area contributed by atoms with Crippen LogP contribution in [0.15, 0.2) is 36.7 Å². The molecule has 0 aliphatic heterocycles. The molecule has 1 aromatic carbocycles. The van der Waals surface area contributed by atoms with Crippen LogP contribution in [0.4, 0.5) is 0 Å². The summed E-state index contributed by atoms with van der Waals surface area (Å²) >= 11 is 0. The van der Waals surface area contributed by atoms with E-state index in [0.717, 1.165) is 23.7 Å². The average molecular weight is 386 g/mol. The third-order valence-corrected chi connectivity index (χ3v) is 5.46. The molecule has 3 nitrogen and oxygen atoms in total. The monoisotopic (exact) mass is 385 g/mol. The number of nitrogens with zero attached hydrogens (tertiary/aromatic N) is 1. The van der Waals surface area contributed by atoms with E-state index in [1.165, 1.54) is 77.0 Å². The van der Waals surface area contributed by atoms with Gasteiger partial charge in [0.2, 0.25) is 0 Å². The molecule has 0 amide bonds. The van der Waals surface area contributed by atoms with Crippen molar-refractivity contribution in [1.29, 1.82) is 0 Å². The van der Waals surface area contributed by atoms with E-state index in [2.05, 4.69) is 34.8 Å². The second-order valence-corrected chi connectivity index (χ2v) is 7.82. The largest absolute Gasteiger partial charge is 0.493 e. The van der Waals surface area contributed by atoms with Crippen LogP contribution in [0.3, 0.4) is 0 Å². The van der Waals surface area contributed by atoms with Crippen molar-refractivity contribution in [1.82, 2.24) is 4.98 Å². The fourth-order valence-corrected chi connectivity index (χ4v) is 3.85. The normalized spacial score (nSPS) is 11.1. The number of nitrogens with one attached hydrogen (secondary N) is 1. The lowest BCUT2D eigenvalue weighted by atomic mass is 10.1. The van der Waals surface area contributed by atoms with E-state index in [4.69, 9.17) is 4.74 Å². The number of aromatic nitrogens is 2. The maximum atomic E-state index is 5.80. The Labute approximate surface area is 172 Å². The number of unbranched alkanes of at least 4 members (excludes halogenated alkanes) is 11. The average Bonchev–Trinajstić information content (AvgIpc) is 3.18. The molecule has 0 atom stereocenters. The summed E-state index contributed by atoms with van der Waals surface area (Å²) in [6.45, 7) is 6.08. The predicted molar refractivity (Wildman–Crippen MR) is 119 cm³/mol. The van der Waals surface area contributed by atoms with Crippen LogP contribution in [0.25, 0.3) is 11.4 Å². The Morgan fingerprint density at radius 2 is 1.39 bits per heavy atom. The van der Waals surface area contributed by atoms with Crippen molar-refractivity contribution in [3.63, 3.8) is 0 Å². The number of rotatable bonds is 16. The van der Waals surface area contributed by atoms with E-state index in [0.29, 0.717) is 6.61 Å². The zero-order valence-corrected chi connectivity index (χ0v) is 18.2. The fraction of sp³-hybridized carbons (Fsp3) is 0.640. The first kappa shape index (κ1) is 22.5. The van der Waals surface area contributed by atoms with Gasteiger partial charge in [-0.3, -0.25) is 0 Å². The Morgan fingerprint density at radius 1 is 0.786 bits per heavy atom. The third kappa shape index (κ3) is 8.08. The van der Waals surface area contributed by atoms with Gasteiger partial charge in [-0.05, 0) is 31.9 Å². The first-order chi connectivity index (χ1) is 13.9. The predicted octanol–water partition coefficient (Wildman–Crippen LogP) is 7.07. The molecular formula is C25H41N2O+. The molecule has 0 unspecified atom stereocenters. The van der Waals surface area contributed by atoms with Crippen LogP contribution in [0.5, 0.6) is 5.75 Å². The molecule has 0 bridgehead atoms. The molecule has 0 fully saturated rings. The summed E-state index contributed by atoms with van der Waals surface area (Å²) < 4.78 is 8.13. The lowest BCUT2D eigenvalue weighted by Gasteiger charge is -2.08. The van der Waals surface area contributed by atoms with E-state index in [9.17, 15) is 0 Å². The summed E-state index contributed by atoms with van der Waals surface area (Å²) in [5.74, 6) is 2.10. The second-order valence-electron chi connectivity index (χ2n) is 7.82. The summed E-state index contributed by atoms with van der Waals surface area (Å²) in [5.41, 5.74) is 1.15. The molecule has 1 N–H and O–H groups in total. The van der Waals surface area contributed by atoms with E-state index < -0.39 is 0 Å². The van der Waals surface area contributed by atoms with Crippen LogP contribution in [0.1, 0.15) is 90.9 Å². The Kier molecular flexibility index (Phi) is 11.5. The zero-order chi connectivity index (χ0) is 19.9. The molecule has 156 valence electrons. The first-order valence-corrected chi connectivity index (χ1v) is 11.7. The SMILES string of the molecule is CCCCCCCCCCCCCC[n+]1cc[nH]c1-c1ccccc1OCC. The fourth-order valence-electron chi connectivity index (χ4n) is 3.85. The molecule has 1 aromatic heterocycles. The second kappa shape index (κ2) is 14.3. The lowest BCUT2D eigenvalue weighted by Crippen LogP contribution is -2.33. The van der Waals surface area contributed by atoms with Gasteiger partial charge in [0.05, 0.1) is 13.2 Å². The highest BCUT2D eigenvalue weighted by molar-refractivity contribution is 5.61. The Hall–Kier alpha value is -1.77. The van der Waals surface area contributed by atoms with E-state index in [1.807, 2.05) is 25.3 Å². The molecule has 2 rings (SSSR count). The van der Waals surface area contributed by atoms with Gasteiger partial charge in [-0.1, -0.05) is 83.3 Å². The van der Waals surface area contributed by atoms with Crippen molar-refractivity contribution in [2.24, 2.45) is 0 Å². The van der Waals surface area contributed by atoms with Crippen molar-refractivity contribution < 1.29 is 9.30 Å². The molecule has 0 saturated carbocycles. The van der Waals surface area contributed by atoms with Gasteiger partial charge >= 0.3 is 0 Å². The van der Waals surface area contributed by atoms with E-state index in [-0.39, 0.29) is 0 Å². The Bertz CT molecular complexity index is 635. The van der Waals surface area contributed by atoms with Crippen molar-refractivity contribution in [3.8, 4) is 17.1 Å². The number of ether oxygens (including phenoxy) is 1. The minimum atomic E-state index is 0.691. The highest BCUT2D eigenvalue weighted by atomic mass is 16.5. The molecule has 0 aliphatic carbocycles. The lowest BCUT2D eigenvalue weighted by molar-refractivity contribution is -0.685. The van der Waals surface area contributed by atoms with E-state index in [1.54, 1.807) is 0 Å². The topological polar surface area (TPSA) is 28.9 Å². The zero-order valence-electron chi connectivity index (χ0n) is 18.2. The summed E-state index contributed by atoms with van der Waals surface area (Å²) in [7, 11) is 0. The van der Waals surface area contributed by atoms with Gasteiger partial charge in [0, 0.05) is 0 Å².